The van der Waals surface area contributed by atoms with E-state index >= 15 is 0 Å². The Labute approximate surface area is 129 Å². The zero-order valence-corrected chi connectivity index (χ0v) is 13.0. The number of rotatable bonds is 4. The number of alkyl halides is 3. The van der Waals surface area contributed by atoms with Gasteiger partial charge in [0.25, 0.3) is 5.91 Å². The summed E-state index contributed by atoms with van der Waals surface area (Å²) < 4.78 is 38.9. The molecule has 1 aliphatic rings. The van der Waals surface area contributed by atoms with Gasteiger partial charge in [-0.3, -0.25) is 4.79 Å². The highest BCUT2D eigenvalue weighted by Crippen LogP contribution is 2.37. The van der Waals surface area contributed by atoms with Crippen molar-refractivity contribution < 1.29 is 18.0 Å². The molecule has 0 bridgehead atoms. The Morgan fingerprint density at radius 3 is 2.62 bits per heavy atom. The molecule has 2 rings (SSSR count). The fraction of sp³-hybridized carbons (Fsp3) is 0.500. The molecule has 1 amide bonds. The molecular weight excluding hydrogens is 349 g/mol. The molecule has 21 heavy (non-hydrogen) atoms. The van der Waals surface area contributed by atoms with Crippen LogP contribution >= 0.6 is 15.9 Å². The third-order valence-electron chi connectivity index (χ3n) is 3.65. The third kappa shape index (κ3) is 4.12. The van der Waals surface area contributed by atoms with Gasteiger partial charge in [0.2, 0.25) is 0 Å². The lowest BCUT2D eigenvalue weighted by atomic mass is 10.1. The van der Waals surface area contributed by atoms with Crippen LogP contribution in [0.15, 0.2) is 22.7 Å². The highest BCUT2D eigenvalue weighted by molar-refractivity contribution is 9.10. The molecule has 0 aromatic heterocycles. The van der Waals surface area contributed by atoms with Gasteiger partial charge in [-0.1, -0.05) is 15.9 Å². The van der Waals surface area contributed by atoms with E-state index in [4.69, 9.17) is 5.73 Å². The summed E-state index contributed by atoms with van der Waals surface area (Å²) in [6, 6.07) is 4.16. The van der Waals surface area contributed by atoms with E-state index in [1.807, 2.05) is 0 Å². The molecule has 2 N–H and O–H groups in total. The Morgan fingerprint density at radius 2 is 2.10 bits per heavy atom. The van der Waals surface area contributed by atoms with Crippen molar-refractivity contribution in [3.8, 4) is 0 Å². The number of benzene rings is 1. The topological polar surface area (TPSA) is 46.3 Å². The molecule has 7 heteroatoms. The maximum Gasteiger partial charge on any atom is 0.406 e. The number of nitrogens with two attached hydrogens (primary N) is 1. The molecule has 1 aromatic carbocycles. The minimum atomic E-state index is -4.43. The largest absolute Gasteiger partial charge is 0.406 e. The van der Waals surface area contributed by atoms with Crippen molar-refractivity contribution >= 4 is 27.5 Å². The standard InChI is InChI=1S/C14H16BrF3N2O/c1-8(9-2-3-9)20(7-14(16,17)18)13(21)11-6-10(15)4-5-12(11)19/h4-6,8-9H,2-3,7,19H2,1H3. The van der Waals surface area contributed by atoms with Crippen LogP contribution in [0.25, 0.3) is 0 Å². The lowest BCUT2D eigenvalue weighted by molar-refractivity contribution is -0.144. The summed E-state index contributed by atoms with van der Waals surface area (Å²) in [6.45, 7) is 0.408. The molecular formula is C14H16BrF3N2O. The minimum absolute atomic E-state index is 0.0983. The number of nitrogen functional groups attached to an aromatic ring is 1. The number of amides is 1. The number of carbonyl (C=O) groups is 1. The van der Waals surface area contributed by atoms with E-state index in [2.05, 4.69) is 15.9 Å². The van der Waals surface area contributed by atoms with Gasteiger partial charge in [0.1, 0.15) is 6.54 Å². The van der Waals surface area contributed by atoms with E-state index in [9.17, 15) is 18.0 Å². The summed E-state index contributed by atoms with van der Waals surface area (Å²) in [5, 5.41) is 0. The highest BCUT2D eigenvalue weighted by Gasteiger charge is 2.41. The maximum absolute atomic E-state index is 12.8. The molecule has 1 fully saturated rings. The summed E-state index contributed by atoms with van der Waals surface area (Å²) in [6.07, 6.45) is -2.72. The summed E-state index contributed by atoms with van der Waals surface area (Å²) in [4.78, 5) is 13.4. The van der Waals surface area contributed by atoms with Gasteiger partial charge in [-0.15, -0.1) is 0 Å². The van der Waals surface area contributed by atoms with Gasteiger partial charge in [-0.2, -0.15) is 13.2 Å². The average molecular weight is 365 g/mol. The minimum Gasteiger partial charge on any atom is -0.398 e. The Bertz CT molecular complexity index is 544. The Balaban J connectivity index is 2.30. The van der Waals surface area contributed by atoms with E-state index in [-0.39, 0.29) is 17.2 Å². The zero-order chi connectivity index (χ0) is 15.8. The van der Waals surface area contributed by atoms with Crippen molar-refractivity contribution in [1.29, 1.82) is 0 Å². The molecule has 1 saturated carbocycles. The first-order chi connectivity index (χ1) is 9.69. The number of anilines is 1. The fourth-order valence-electron chi connectivity index (χ4n) is 2.30. The van der Waals surface area contributed by atoms with Crippen molar-refractivity contribution in [2.45, 2.75) is 32.0 Å². The van der Waals surface area contributed by atoms with Crippen LogP contribution in [-0.4, -0.2) is 29.6 Å². The van der Waals surface area contributed by atoms with Crippen LogP contribution in [0.5, 0.6) is 0 Å². The molecule has 1 unspecified atom stereocenters. The second kappa shape index (κ2) is 5.87. The molecule has 1 aromatic rings. The number of hydrogen-bond donors (Lipinski definition) is 1. The first kappa shape index (κ1) is 16.1. The van der Waals surface area contributed by atoms with Crippen LogP contribution in [0.4, 0.5) is 18.9 Å². The van der Waals surface area contributed by atoms with Gasteiger partial charge in [0, 0.05) is 16.2 Å². The van der Waals surface area contributed by atoms with Crippen LogP contribution in [0, 0.1) is 5.92 Å². The van der Waals surface area contributed by atoms with Gasteiger partial charge in [0.15, 0.2) is 0 Å². The molecule has 1 atom stereocenters. The van der Waals surface area contributed by atoms with E-state index in [0.717, 1.165) is 17.7 Å². The van der Waals surface area contributed by atoms with Crippen LogP contribution in [0.2, 0.25) is 0 Å². The van der Waals surface area contributed by atoms with Crippen molar-refractivity contribution in [3.05, 3.63) is 28.2 Å². The maximum atomic E-state index is 12.8. The molecule has 0 radical (unpaired) electrons. The van der Waals surface area contributed by atoms with Crippen LogP contribution in [0.3, 0.4) is 0 Å². The van der Waals surface area contributed by atoms with Gasteiger partial charge >= 0.3 is 6.18 Å². The Hall–Kier alpha value is -1.24. The highest BCUT2D eigenvalue weighted by atomic mass is 79.9. The van der Waals surface area contributed by atoms with Gasteiger partial charge in [0.05, 0.1) is 5.56 Å². The van der Waals surface area contributed by atoms with Gasteiger partial charge in [-0.25, -0.2) is 0 Å². The third-order valence-corrected chi connectivity index (χ3v) is 4.15. The van der Waals surface area contributed by atoms with Gasteiger partial charge < -0.3 is 10.6 Å². The number of nitrogens with zero attached hydrogens (tertiary/aromatic N) is 1. The smallest absolute Gasteiger partial charge is 0.398 e. The first-order valence-corrected chi connectivity index (χ1v) is 7.41. The summed E-state index contributed by atoms with van der Waals surface area (Å²) >= 11 is 3.20. The van der Waals surface area contributed by atoms with Crippen molar-refractivity contribution in [2.24, 2.45) is 5.92 Å². The normalized spacial score (nSPS) is 16.6. The Kier molecular flexibility index (Phi) is 4.51. The number of halogens is 4. The monoisotopic (exact) mass is 364 g/mol. The number of hydrogen-bond acceptors (Lipinski definition) is 2. The van der Waals surface area contributed by atoms with Crippen molar-refractivity contribution in [2.75, 3.05) is 12.3 Å². The molecule has 116 valence electrons. The lowest BCUT2D eigenvalue weighted by Crippen LogP contribution is -2.45. The van der Waals surface area contributed by atoms with E-state index in [1.165, 1.54) is 12.1 Å². The van der Waals surface area contributed by atoms with Crippen molar-refractivity contribution in [3.63, 3.8) is 0 Å². The molecule has 3 nitrogen and oxygen atoms in total. The Morgan fingerprint density at radius 1 is 1.48 bits per heavy atom. The number of carbonyl (C=O) groups excluding carboxylic acids is 1. The zero-order valence-electron chi connectivity index (χ0n) is 11.5. The summed E-state index contributed by atoms with van der Waals surface area (Å²) in [5.41, 5.74) is 6.01. The van der Waals surface area contributed by atoms with E-state index < -0.39 is 24.7 Å². The second-order valence-electron chi connectivity index (χ2n) is 5.36. The predicted octanol–water partition coefficient (Wildman–Crippen LogP) is 3.83. The first-order valence-electron chi connectivity index (χ1n) is 6.62. The average Bonchev–Trinajstić information content (AvgIpc) is 3.20. The van der Waals surface area contributed by atoms with Crippen LogP contribution < -0.4 is 5.73 Å². The van der Waals surface area contributed by atoms with Crippen molar-refractivity contribution in [1.82, 2.24) is 4.90 Å². The van der Waals surface area contributed by atoms with Gasteiger partial charge in [-0.05, 0) is 43.9 Å². The van der Waals surface area contributed by atoms with E-state index in [1.54, 1.807) is 13.0 Å². The summed E-state index contributed by atoms with van der Waals surface area (Å²) in [5.74, 6) is -0.532. The molecule has 0 aliphatic heterocycles. The quantitative estimate of drug-likeness (QED) is 0.825. The van der Waals surface area contributed by atoms with Crippen LogP contribution in [-0.2, 0) is 0 Å². The predicted molar refractivity (Wildman–Crippen MR) is 77.8 cm³/mol. The molecule has 0 heterocycles. The van der Waals surface area contributed by atoms with Crippen LogP contribution in [0.1, 0.15) is 30.1 Å². The molecule has 0 saturated heterocycles. The molecule has 0 spiro atoms. The summed E-state index contributed by atoms with van der Waals surface area (Å²) in [7, 11) is 0. The fourth-order valence-corrected chi connectivity index (χ4v) is 2.66. The lowest BCUT2D eigenvalue weighted by Gasteiger charge is -2.30. The molecule has 1 aliphatic carbocycles. The van der Waals surface area contributed by atoms with E-state index in [0.29, 0.717) is 4.47 Å². The SMILES string of the molecule is CC(C1CC1)N(CC(F)(F)F)C(=O)c1cc(Br)ccc1N. The second-order valence-corrected chi connectivity index (χ2v) is 6.27.